The third-order valence-corrected chi connectivity index (χ3v) is 3.21. The van der Waals surface area contributed by atoms with Crippen molar-refractivity contribution in [1.82, 2.24) is 5.32 Å². The molecule has 0 aromatic heterocycles. The molecule has 0 heterocycles. The van der Waals surface area contributed by atoms with Gasteiger partial charge in [0.25, 0.3) is 0 Å². The molecule has 0 unspecified atom stereocenters. The highest BCUT2D eigenvalue weighted by atomic mass is 16.5. The Balaban J connectivity index is 1.75. The van der Waals surface area contributed by atoms with Crippen molar-refractivity contribution in [3.05, 3.63) is 59.7 Å². The van der Waals surface area contributed by atoms with E-state index in [1.54, 1.807) is 0 Å². The lowest BCUT2D eigenvalue weighted by Gasteiger charge is -2.10. The van der Waals surface area contributed by atoms with Gasteiger partial charge in [-0.2, -0.15) is 0 Å². The molecule has 0 aliphatic heterocycles. The molecule has 0 saturated heterocycles. The predicted molar refractivity (Wildman–Crippen MR) is 93.7 cm³/mol. The van der Waals surface area contributed by atoms with Crippen LogP contribution in [0.3, 0.4) is 0 Å². The number of benzene rings is 2. The van der Waals surface area contributed by atoms with E-state index < -0.39 is 0 Å². The number of rotatable bonds is 7. The van der Waals surface area contributed by atoms with Crippen molar-refractivity contribution in [2.45, 2.75) is 33.4 Å². The Morgan fingerprint density at radius 3 is 2.52 bits per heavy atom. The van der Waals surface area contributed by atoms with E-state index in [4.69, 9.17) is 4.74 Å². The Bertz CT molecular complexity index is 636. The largest absolute Gasteiger partial charge is 0.491 e. The molecule has 0 aliphatic carbocycles. The van der Waals surface area contributed by atoms with Crippen molar-refractivity contribution < 1.29 is 9.53 Å². The molecule has 0 fully saturated rings. The van der Waals surface area contributed by atoms with E-state index in [2.05, 4.69) is 10.6 Å². The lowest BCUT2D eigenvalue weighted by Crippen LogP contribution is -2.27. The van der Waals surface area contributed by atoms with Crippen LogP contribution in [0, 0.1) is 6.92 Å². The van der Waals surface area contributed by atoms with Gasteiger partial charge < -0.3 is 15.4 Å². The van der Waals surface area contributed by atoms with Crippen LogP contribution in [0.15, 0.2) is 48.5 Å². The molecule has 122 valence electrons. The molecule has 1 amide bonds. The molecular weight excluding hydrogens is 288 g/mol. The second-order valence-corrected chi connectivity index (χ2v) is 5.83. The molecule has 23 heavy (non-hydrogen) atoms. The highest BCUT2D eigenvalue weighted by Gasteiger charge is 2.03. The number of anilines is 1. The van der Waals surface area contributed by atoms with Crippen LogP contribution < -0.4 is 15.4 Å². The van der Waals surface area contributed by atoms with Crippen LogP contribution in [0.2, 0.25) is 0 Å². The quantitative estimate of drug-likeness (QED) is 0.822. The van der Waals surface area contributed by atoms with Gasteiger partial charge in [0, 0.05) is 12.2 Å². The van der Waals surface area contributed by atoms with Gasteiger partial charge in [-0.1, -0.05) is 24.3 Å². The van der Waals surface area contributed by atoms with Gasteiger partial charge >= 0.3 is 0 Å². The van der Waals surface area contributed by atoms with E-state index >= 15 is 0 Å². The fourth-order valence-electron chi connectivity index (χ4n) is 2.21. The van der Waals surface area contributed by atoms with Crippen molar-refractivity contribution in [3.63, 3.8) is 0 Å². The zero-order valence-corrected chi connectivity index (χ0v) is 13.9. The van der Waals surface area contributed by atoms with Crippen LogP contribution in [0.5, 0.6) is 5.75 Å². The number of nitrogens with one attached hydrogen (secondary N) is 2. The Morgan fingerprint density at radius 1 is 1.13 bits per heavy atom. The van der Waals surface area contributed by atoms with E-state index in [1.807, 2.05) is 69.3 Å². The standard InChI is InChI=1S/C19H24N2O2/c1-14(2)23-18-9-7-16(8-10-18)12-20-13-19(22)21-17-6-4-5-15(3)11-17/h4-11,14,20H,12-13H2,1-3H3,(H,21,22). The first kappa shape index (κ1) is 17.0. The van der Waals surface area contributed by atoms with E-state index in [-0.39, 0.29) is 18.6 Å². The summed E-state index contributed by atoms with van der Waals surface area (Å²) in [5, 5.41) is 6.02. The second kappa shape index (κ2) is 8.34. The van der Waals surface area contributed by atoms with Crippen LogP contribution in [0.4, 0.5) is 5.69 Å². The van der Waals surface area contributed by atoms with Crippen molar-refractivity contribution in [2.24, 2.45) is 0 Å². The first-order valence-electron chi connectivity index (χ1n) is 7.86. The molecule has 0 aliphatic rings. The molecule has 0 radical (unpaired) electrons. The van der Waals surface area contributed by atoms with Crippen molar-refractivity contribution in [3.8, 4) is 5.75 Å². The molecule has 2 aromatic carbocycles. The smallest absolute Gasteiger partial charge is 0.238 e. The van der Waals surface area contributed by atoms with Gasteiger partial charge in [-0.15, -0.1) is 0 Å². The van der Waals surface area contributed by atoms with Crippen LogP contribution in [0.1, 0.15) is 25.0 Å². The first-order valence-corrected chi connectivity index (χ1v) is 7.86. The minimum Gasteiger partial charge on any atom is -0.491 e. The van der Waals surface area contributed by atoms with Gasteiger partial charge in [-0.05, 0) is 56.2 Å². The zero-order valence-electron chi connectivity index (χ0n) is 13.9. The van der Waals surface area contributed by atoms with E-state index in [1.165, 1.54) is 0 Å². The maximum Gasteiger partial charge on any atom is 0.238 e. The fraction of sp³-hybridized carbons (Fsp3) is 0.316. The first-order chi connectivity index (χ1) is 11.0. The van der Waals surface area contributed by atoms with Crippen molar-refractivity contribution in [1.29, 1.82) is 0 Å². The predicted octanol–water partition coefficient (Wildman–Crippen LogP) is 3.51. The Hall–Kier alpha value is -2.33. The minimum absolute atomic E-state index is 0.0460. The highest BCUT2D eigenvalue weighted by Crippen LogP contribution is 2.13. The number of hydrogen-bond donors (Lipinski definition) is 2. The lowest BCUT2D eigenvalue weighted by molar-refractivity contribution is -0.115. The Labute approximate surface area is 137 Å². The molecule has 0 bridgehead atoms. The monoisotopic (exact) mass is 312 g/mol. The number of aryl methyl sites for hydroxylation is 1. The third kappa shape index (κ3) is 6.12. The maximum atomic E-state index is 11.9. The van der Waals surface area contributed by atoms with Crippen molar-refractivity contribution >= 4 is 11.6 Å². The molecule has 4 nitrogen and oxygen atoms in total. The van der Waals surface area contributed by atoms with Crippen LogP contribution in [-0.4, -0.2) is 18.6 Å². The minimum atomic E-state index is -0.0460. The Kier molecular flexibility index (Phi) is 6.18. The Morgan fingerprint density at radius 2 is 1.87 bits per heavy atom. The zero-order chi connectivity index (χ0) is 16.7. The number of hydrogen-bond acceptors (Lipinski definition) is 3. The molecule has 4 heteroatoms. The van der Waals surface area contributed by atoms with E-state index in [0.717, 1.165) is 22.6 Å². The lowest BCUT2D eigenvalue weighted by atomic mass is 10.2. The third-order valence-electron chi connectivity index (χ3n) is 3.21. The normalized spacial score (nSPS) is 10.6. The molecule has 0 atom stereocenters. The summed E-state index contributed by atoms with van der Waals surface area (Å²) in [5.41, 5.74) is 3.07. The molecule has 2 aromatic rings. The summed E-state index contributed by atoms with van der Waals surface area (Å²) >= 11 is 0. The summed E-state index contributed by atoms with van der Waals surface area (Å²) in [4.78, 5) is 11.9. The number of carbonyl (C=O) groups excluding carboxylic acids is 1. The summed E-state index contributed by atoms with van der Waals surface area (Å²) in [5.74, 6) is 0.816. The molecule has 2 rings (SSSR count). The van der Waals surface area contributed by atoms with Gasteiger partial charge in [0.1, 0.15) is 5.75 Å². The van der Waals surface area contributed by atoms with Crippen molar-refractivity contribution in [2.75, 3.05) is 11.9 Å². The van der Waals surface area contributed by atoms with Crippen LogP contribution in [0.25, 0.3) is 0 Å². The van der Waals surface area contributed by atoms with E-state index in [9.17, 15) is 4.79 Å². The van der Waals surface area contributed by atoms with Gasteiger partial charge in [0.2, 0.25) is 5.91 Å². The molecule has 0 saturated carbocycles. The fourth-order valence-corrected chi connectivity index (χ4v) is 2.21. The van der Waals surface area contributed by atoms with Crippen LogP contribution >= 0.6 is 0 Å². The van der Waals surface area contributed by atoms with Crippen LogP contribution in [-0.2, 0) is 11.3 Å². The SMILES string of the molecule is Cc1cccc(NC(=O)CNCc2ccc(OC(C)C)cc2)c1. The number of ether oxygens (including phenoxy) is 1. The number of amides is 1. The summed E-state index contributed by atoms with van der Waals surface area (Å²) in [7, 11) is 0. The van der Waals surface area contributed by atoms with E-state index in [0.29, 0.717) is 6.54 Å². The molecular formula is C19H24N2O2. The number of carbonyl (C=O) groups is 1. The molecule has 0 spiro atoms. The second-order valence-electron chi connectivity index (χ2n) is 5.83. The van der Waals surface area contributed by atoms with Gasteiger partial charge in [-0.25, -0.2) is 0 Å². The maximum absolute atomic E-state index is 11.9. The van der Waals surface area contributed by atoms with Gasteiger partial charge in [-0.3, -0.25) is 4.79 Å². The summed E-state index contributed by atoms with van der Waals surface area (Å²) in [6.45, 7) is 6.92. The summed E-state index contributed by atoms with van der Waals surface area (Å²) in [6, 6.07) is 15.7. The summed E-state index contributed by atoms with van der Waals surface area (Å²) < 4.78 is 5.60. The summed E-state index contributed by atoms with van der Waals surface area (Å²) in [6.07, 6.45) is 0.171. The highest BCUT2D eigenvalue weighted by molar-refractivity contribution is 5.92. The average molecular weight is 312 g/mol. The average Bonchev–Trinajstić information content (AvgIpc) is 2.48. The van der Waals surface area contributed by atoms with Gasteiger partial charge in [0.05, 0.1) is 12.6 Å². The van der Waals surface area contributed by atoms with Gasteiger partial charge in [0.15, 0.2) is 0 Å². The molecule has 2 N–H and O–H groups in total. The topological polar surface area (TPSA) is 50.4 Å².